The molecule has 0 saturated carbocycles. The molecule has 1 aromatic heterocycles. The van der Waals surface area contributed by atoms with E-state index in [0.717, 1.165) is 31.2 Å². The number of aromatic nitrogens is 2. The first-order valence-electron chi connectivity index (χ1n) is 5.92. The van der Waals surface area contributed by atoms with Crippen molar-refractivity contribution in [1.29, 1.82) is 0 Å². The lowest BCUT2D eigenvalue weighted by Gasteiger charge is -2.24. The average molecular weight is 221 g/mol. The Labute approximate surface area is 95.7 Å². The number of aryl methyl sites for hydroxylation is 2. The molecular formula is C12H19N3O. The highest BCUT2D eigenvalue weighted by molar-refractivity contribution is 5.01. The second-order valence-electron chi connectivity index (χ2n) is 4.61. The van der Waals surface area contributed by atoms with Gasteiger partial charge in [-0.2, -0.15) is 0 Å². The van der Waals surface area contributed by atoms with Crippen molar-refractivity contribution in [3.8, 4) is 0 Å². The Morgan fingerprint density at radius 2 is 2.38 bits per heavy atom. The minimum atomic E-state index is 0.0792. The normalized spacial score (nSPS) is 21.0. The molecule has 0 radical (unpaired) electrons. The van der Waals surface area contributed by atoms with Gasteiger partial charge in [0.25, 0.3) is 5.56 Å². The maximum atomic E-state index is 11.8. The van der Waals surface area contributed by atoms with Gasteiger partial charge in [0.05, 0.1) is 0 Å². The first-order valence-corrected chi connectivity index (χ1v) is 5.92. The highest BCUT2D eigenvalue weighted by Crippen LogP contribution is 2.12. The molecule has 1 atom stereocenters. The molecule has 2 heterocycles. The summed E-state index contributed by atoms with van der Waals surface area (Å²) in [5.41, 5.74) is 0.885. The van der Waals surface area contributed by atoms with Crippen molar-refractivity contribution in [1.82, 2.24) is 14.9 Å². The van der Waals surface area contributed by atoms with Gasteiger partial charge in [-0.05, 0) is 45.7 Å². The van der Waals surface area contributed by atoms with Crippen molar-refractivity contribution < 1.29 is 0 Å². The fourth-order valence-electron chi connectivity index (χ4n) is 2.32. The van der Waals surface area contributed by atoms with E-state index in [9.17, 15) is 4.79 Å². The molecule has 4 heteroatoms. The summed E-state index contributed by atoms with van der Waals surface area (Å²) in [5, 5.41) is 3.37. The van der Waals surface area contributed by atoms with Crippen LogP contribution in [0, 0.1) is 19.8 Å². The number of hydrogen-bond acceptors (Lipinski definition) is 3. The van der Waals surface area contributed by atoms with Crippen molar-refractivity contribution >= 4 is 0 Å². The zero-order valence-corrected chi connectivity index (χ0v) is 9.99. The molecule has 1 saturated heterocycles. The molecule has 1 aromatic rings. The fourth-order valence-corrected chi connectivity index (χ4v) is 2.32. The Bertz CT molecular complexity index is 419. The molecule has 1 unspecified atom stereocenters. The monoisotopic (exact) mass is 221 g/mol. The summed E-state index contributed by atoms with van der Waals surface area (Å²) < 4.78 is 1.80. The van der Waals surface area contributed by atoms with Crippen LogP contribution in [0.2, 0.25) is 0 Å². The van der Waals surface area contributed by atoms with Crippen LogP contribution in [-0.2, 0) is 6.54 Å². The number of hydrogen-bond donors (Lipinski definition) is 1. The summed E-state index contributed by atoms with van der Waals surface area (Å²) in [5.74, 6) is 1.39. The molecule has 16 heavy (non-hydrogen) atoms. The molecule has 1 aliphatic rings. The molecule has 1 aliphatic heterocycles. The van der Waals surface area contributed by atoms with Gasteiger partial charge < -0.3 is 5.32 Å². The van der Waals surface area contributed by atoms with Gasteiger partial charge in [-0.1, -0.05) is 0 Å². The van der Waals surface area contributed by atoms with Gasteiger partial charge in [-0.3, -0.25) is 9.36 Å². The predicted molar refractivity (Wildman–Crippen MR) is 63.6 cm³/mol. The highest BCUT2D eigenvalue weighted by Gasteiger charge is 2.15. The van der Waals surface area contributed by atoms with E-state index in [0.29, 0.717) is 5.92 Å². The largest absolute Gasteiger partial charge is 0.316 e. The van der Waals surface area contributed by atoms with Crippen molar-refractivity contribution in [2.45, 2.75) is 33.2 Å². The van der Waals surface area contributed by atoms with Crippen molar-refractivity contribution in [2.75, 3.05) is 13.1 Å². The Kier molecular flexibility index (Phi) is 3.39. The fraction of sp³-hybridized carbons (Fsp3) is 0.667. The van der Waals surface area contributed by atoms with Crippen LogP contribution in [0.15, 0.2) is 10.9 Å². The van der Waals surface area contributed by atoms with Gasteiger partial charge in [0.15, 0.2) is 0 Å². The van der Waals surface area contributed by atoms with Crippen LogP contribution in [0.25, 0.3) is 0 Å². The zero-order valence-electron chi connectivity index (χ0n) is 9.99. The van der Waals surface area contributed by atoms with Crippen LogP contribution in [0.4, 0.5) is 0 Å². The third-order valence-corrected chi connectivity index (χ3v) is 3.17. The lowest BCUT2D eigenvalue weighted by molar-refractivity contribution is 0.329. The van der Waals surface area contributed by atoms with Crippen molar-refractivity contribution in [3.05, 3.63) is 27.9 Å². The van der Waals surface area contributed by atoms with E-state index in [2.05, 4.69) is 10.3 Å². The van der Waals surface area contributed by atoms with E-state index in [1.165, 1.54) is 12.8 Å². The third-order valence-electron chi connectivity index (χ3n) is 3.17. The second kappa shape index (κ2) is 4.78. The summed E-state index contributed by atoms with van der Waals surface area (Å²) in [6, 6.07) is 1.61. The van der Waals surface area contributed by atoms with Gasteiger partial charge in [0.2, 0.25) is 0 Å². The smallest absolute Gasteiger partial charge is 0.253 e. The van der Waals surface area contributed by atoms with Crippen LogP contribution >= 0.6 is 0 Å². The van der Waals surface area contributed by atoms with Crippen LogP contribution in [0.3, 0.4) is 0 Å². The van der Waals surface area contributed by atoms with E-state index >= 15 is 0 Å². The van der Waals surface area contributed by atoms with E-state index in [1.54, 1.807) is 10.6 Å². The lowest BCUT2D eigenvalue weighted by Crippen LogP contribution is -2.35. The van der Waals surface area contributed by atoms with Gasteiger partial charge in [0.1, 0.15) is 5.82 Å². The molecule has 0 spiro atoms. The summed E-state index contributed by atoms with van der Waals surface area (Å²) in [6.07, 6.45) is 2.41. The Hall–Kier alpha value is -1.16. The summed E-state index contributed by atoms with van der Waals surface area (Å²) in [4.78, 5) is 16.2. The van der Waals surface area contributed by atoms with Gasteiger partial charge in [0, 0.05) is 18.3 Å². The Morgan fingerprint density at radius 1 is 1.56 bits per heavy atom. The van der Waals surface area contributed by atoms with Crippen LogP contribution in [-0.4, -0.2) is 22.6 Å². The molecule has 2 rings (SSSR count). The SMILES string of the molecule is Cc1cc(=O)n(CC2CCCNC2)c(C)n1. The number of piperidine rings is 1. The van der Waals surface area contributed by atoms with Crippen LogP contribution < -0.4 is 10.9 Å². The highest BCUT2D eigenvalue weighted by atomic mass is 16.1. The molecule has 1 fully saturated rings. The average Bonchev–Trinajstić information content (AvgIpc) is 2.25. The zero-order chi connectivity index (χ0) is 11.5. The summed E-state index contributed by atoms with van der Waals surface area (Å²) >= 11 is 0. The molecule has 0 bridgehead atoms. The maximum Gasteiger partial charge on any atom is 0.253 e. The third kappa shape index (κ3) is 2.50. The van der Waals surface area contributed by atoms with Crippen molar-refractivity contribution in [2.24, 2.45) is 5.92 Å². The Morgan fingerprint density at radius 3 is 3.00 bits per heavy atom. The molecule has 0 amide bonds. The van der Waals surface area contributed by atoms with Crippen LogP contribution in [0.5, 0.6) is 0 Å². The molecule has 88 valence electrons. The molecule has 0 aliphatic carbocycles. The molecule has 1 N–H and O–H groups in total. The minimum Gasteiger partial charge on any atom is -0.316 e. The van der Waals surface area contributed by atoms with E-state index in [-0.39, 0.29) is 5.56 Å². The number of rotatable bonds is 2. The topological polar surface area (TPSA) is 46.9 Å². The van der Waals surface area contributed by atoms with Gasteiger partial charge >= 0.3 is 0 Å². The van der Waals surface area contributed by atoms with Crippen molar-refractivity contribution in [3.63, 3.8) is 0 Å². The second-order valence-corrected chi connectivity index (χ2v) is 4.61. The number of nitrogens with zero attached hydrogens (tertiary/aromatic N) is 2. The predicted octanol–water partition coefficient (Wildman–Crippen LogP) is 0.860. The van der Waals surface area contributed by atoms with Gasteiger partial charge in [-0.15, -0.1) is 0 Å². The maximum absolute atomic E-state index is 11.8. The summed E-state index contributed by atoms with van der Waals surface area (Å²) in [6.45, 7) is 6.69. The first-order chi connectivity index (χ1) is 7.66. The van der Waals surface area contributed by atoms with Crippen LogP contribution in [0.1, 0.15) is 24.4 Å². The minimum absolute atomic E-state index is 0.0792. The number of nitrogens with one attached hydrogen (secondary N) is 1. The van der Waals surface area contributed by atoms with Gasteiger partial charge in [-0.25, -0.2) is 4.98 Å². The van der Waals surface area contributed by atoms with E-state index < -0.39 is 0 Å². The summed E-state index contributed by atoms with van der Waals surface area (Å²) in [7, 11) is 0. The molecule has 0 aromatic carbocycles. The lowest BCUT2D eigenvalue weighted by atomic mass is 9.99. The first kappa shape index (κ1) is 11.3. The molecule has 4 nitrogen and oxygen atoms in total. The standard InChI is InChI=1S/C12H19N3O/c1-9-6-12(16)15(10(2)14-9)8-11-4-3-5-13-7-11/h6,11,13H,3-5,7-8H2,1-2H3. The van der Waals surface area contributed by atoms with E-state index in [1.807, 2.05) is 13.8 Å². The molecular weight excluding hydrogens is 202 g/mol. The quantitative estimate of drug-likeness (QED) is 0.805. The Balaban J connectivity index is 2.17. The van der Waals surface area contributed by atoms with E-state index in [4.69, 9.17) is 0 Å².